The number of pyridine rings is 1. The van der Waals surface area contributed by atoms with Crippen LogP contribution in [0.25, 0.3) is 0 Å². The predicted molar refractivity (Wildman–Crippen MR) is 72.7 cm³/mol. The molecule has 2 aromatic heterocycles. The average molecular weight is 243 g/mol. The molecule has 0 aliphatic rings. The number of anilines is 2. The van der Waals surface area contributed by atoms with Crippen LogP contribution in [0.3, 0.4) is 0 Å². The number of aryl methyl sites for hydroxylation is 1. The molecular formula is C13H17N5. The molecule has 0 bridgehead atoms. The van der Waals surface area contributed by atoms with E-state index in [1.54, 1.807) is 12.4 Å². The maximum atomic E-state index is 4.36. The molecule has 0 spiro atoms. The average Bonchev–Trinajstić information content (AvgIpc) is 2.37. The molecule has 0 aliphatic heterocycles. The van der Waals surface area contributed by atoms with E-state index in [0.717, 1.165) is 22.9 Å². The summed E-state index contributed by atoms with van der Waals surface area (Å²) in [7, 11) is 4.02. The van der Waals surface area contributed by atoms with Crippen molar-refractivity contribution < 1.29 is 0 Å². The molecule has 2 heterocycles. The van der Waals surface area contributed by atoms with Crippen LogP contribution < -0.4 is 10.2 Å². The van der Waals surface area contributed by atoms with Gasteiger partial charge in [-0.15, -0.1) is 0 Å². The summed E-state index contributed by atoms with van der Waals surface area (Å²) in [6.45, 7) is 2.55. The highest BCUT2D eigenvalue weighted by Crippen LogP contribution is 2.22. The Morgan fingerprint density at radius 2 is 2.06 bits per heavy atom. The quantitative estimate of drug-likeness (QED) is 0.888. The van der Waals surface area contributed by atoms with Crippen molar-refractivity contribution in [3.8, 4) is 0 Å². The highest BCUT2D eigenvalue weighted by atomic mass is 15.1. The first-order valence-electron chi connectivity index (χ1n) is 5.80. The third-order valence-corrected chi connectivity index (χ3v) is 2.57. The molecule has 5 nitrogen and oxygen atoms in total. The van der Waals surface area contributed by atoms with Crippen molar-refractivity contribution in [1.82, 2.24) is 15.0 Å². The summed E-state index contributed by atoms with van der Waals surface area (Å²) >= 11 is 0. The number of rotatable bonds is 4. The lowest BCUT2D eigenvalue weighted by Crippen LogP contribution is -2.12. The zero-order valence-electron chi connectivity index (χ0n) is 10.9. The minimum absolute atomic E-state index is 0.663. The van der Waals surface area contributed by atoms with Gasteiger partial charge in [0.25, 0.3) is 0 Å². The Kier molecular flexibility index (Phi) is 3.72. The van der Waals surface area contributed by atoms with Gasteiger partial charge in [-0.05, 0) is 19.1 Å². The number of aromatic nitrogens is 3. The van der Waals surface area contributed by atoms with Gasteiger partial charge in [0.15, 0.2) is 0 Å². The lowest BCUT2D eigenvalue weighted by atomic mass is 10.3. The molecule has 0 saturated heterocycles. The minimum Gasteiger partial charge on any atom is -0.376 e. The van der Waals surface area contributed by atoms with E-state index in [4.69, 9.17) is 0 Å². The molecule has 2 aromatic rings. The van der Waals surface area contributed by atoms with Gasteiger partial charge in [-0.1, -0.05) is 0 Å². The van der Waals surface area contributed by atoms with Crippen molar-refractivity contribution in [1.29, 1.82) is 0 Å². The molecule has 0 aromatic carbocycles. The van der Waals surface area contributed by atoms with E-state index < -0.39 is 0 Å². The molecule has 2 rings (SSSR count). The Labute approximate surface area is 107 Å². The van der Waals surface area contributed by atoms with E-state index in [1.807, 2.05) is 39.3 Å². The standard InChI is InChI=1S/C13H17N5/c1-10-15-7-4-11(17-10)8-16-12-9-14-6-5-13(12)18(2)3/h4-7,9,16H,8H2,1-3H3. The van der Waals surface area contributed by atoms with Gasteiger partial charge < -0.3 is 10.2 Å². The van der Waals surface area contributed by atoms with Crippen molar-refractivity contribution in [2.24, 2.45) is 0 Å². The fourth-order valence-corrected chi connectivity index (χ4v) is 1.70. The number of hydrogen-bond acceptors (Lipinski definition) is 5. The van der Waals surface area contributed by atoms with Crippen LogP contribution in [0.4, 0.5) is 11.4 Å². The fraction of sp³-hybridized carbons (Fsp3) is 0.308. The van der Waals surface area contributed by atoms with Crippen molar-refractivity contribution in [3.63, 3.8) is 0 Å². The van der Waals surface area contributed by atoms with Crippen molar-refractivity contribution >= 4 is 11.4 Å². The van der Waals surface area contributed by atoms with E-state index in [2.05, 4.69) is 25.2 Å². The molecule has 0 atom stereocenters. The van der Waals surface area contributed by atoms with E-state index >= 15 is 0 Å². The van der Waals surface area contributed by atoms with Gasteiger partial charge in [-0.2, -0.15) is 0 Å². The smallest absolute Gasteiger partial charge is 0.125 e. The minimum atomic E-state index is 0.663. The first-order chi connectivity index (χ1) is 8.66. The summed E-state index contributed by atoms with van der Waals surface area (Å²) in [5.41, 5.74) is 3.07. The molecule has 0 saturated carbocycles. The molecule has 0 unspecified atom stereocenters. The molecule has 1 N–H and O–H groups in total. The van der Waals surface area contributed by atoms with Crippen LogP contribution >= 0.6 is 0 Å². The van der Waals surface area contributed by atoms with Gasteiger partial charge in [-0.25, -0.2) is 9.97 Å². The van der Waals surface area contributed by atoms with Gasteiger partial charge in [0.2, 0.25) is 0 Å². The first kappa shape index (κ1) is 12.3. The van der Waals surface area contributed by atoms with Crippen LogP contribution in [-0.4, -0.2) is 29.0 Å². The summed E-state index contributed by atoms with van der Waals surface area (Å²) in [5, 5.41) is 3.34. The Hall–Kier alpha value is -2.17. The largest absolute Gasteiger partial charge is 0.376 e. The molecule has 18 heavy (non-hydrogen) atoms. The summed E-state index contributed by atoms with van der Waals surface area (Å²) in [6, 6.07) is 3.89. The second-order valence-corrected chi connectivity index (χ2v) is 4.24. The van der Waals surface area contributed by atoms with Crippen molar-refractivity contribution in [2.45, 2.75) is 13.5 Å². The van der Waals surface area contributed by atoms with Gasteiger partial charge in [0, 0.05) is 26.5 Å². The van der Waals surface area contributed by atoms with Crippen LogP contribution in [0.2, 0.25) is 0 Å². The van der Waals surface area contributed by atoms with Crippen LogP contribution in [0.15, 0.2) is 30.7 Å². The Balaban J connectivity index is 2.11. The Morgan fingerprint density at radius 3 is 2.78 bits per heavy atom. The zero-order chi connectivity index (χ0) is 13.0. The summed E-state index contributed by atoms with van der Waals surface area (Å²) < 4.78 is 0. The molecule has 0 aliphatic carbocycles. The monoisotopic (exact) mass is 243 g/mol. The van der Waals surface area contributed by atoms with E-state index in [1.165, 1.54) is 0 Å². The van der Waals surface area contributed by atoms with E-state index in [9.17, 15) is 0 Å². The van der Waals surface area contributed by atoms with Gasteiger partial charge in [-0.3, -0.25) is 4.98 Å². The highest BCUT2D eigenvalue weighted by molar-refractivity contribution is 5.67. The third-order valence-electron chi connectivity index (χ3n) is 2.57. The van der Waals surface area contributed by atoms with Gasteiger partial charge in [0.05, 0.1) is 29.8 Å². The van der Waals surface area contributed by atoms with Gasteiger partial charge >= 0.3 is 0 Å². The first-order valence-corrected chi connectivity index (χ1v) is 5.80. The van der Waals surface area contributed by atoms with E-state index in [0.29, 0.717) is 6.54 Å². The SMILES string of the molecule is Cc1nccc(CNc2cnccc2N(C)C)n1. The molecule has 0 radical (unpaired) electrons. The Bertz CT molecular complexity index is 524. The molecule has 94 valence electrons. The Morgan fingerprint density at radius 1 is 1.22 bits per heavy atom. The summed E-state index contributed by atoms with van der Waals surface area (Å²) in [5.74, 6) is 0.785. The third kappa shape index (κ3) is 2.94. The summed E-state index contributed by atoms with van der Waals surface area (Å²) in [6.07, 6.45) is 5.38. The predicted octanol–water partition coefficient (Wildman–Crippen LogP) is 1.86. The normalized spacial score (nSPS) is 10.2. The molecule has 5 heteroatoms. The maximum absolute atomic E-state index is 4.36. The van der Waals surface area contributed by atoms with E-state index in [-0.39, 0.29) is 0 Å². The lowest BCUT2D eigenvalue weighted by molar-refractivity contribution is 0.952. The topological polar surface area (TPSA) is 53.9 Å². The molecule has 0 fully saturated rings. The fourth-order valence-electron chi connectivity index (χ4n) is 1.70. The zero-order valence-corrected chi connectivity index (χ0v) is 10.9. The van der Waals surface area contributed by atoms with Crippen LogP contribution in [0.1, 0.15) is 11.5 Å². The number of nitrogens with one attached hydrogen (secondary N) is 1. The molecule has 0 amide bonds. The van der Waals surface area contributed by atoms with Gasteiger partial charge in [0.1, 0.15) is 5.82 Å². The number of nitrogens with zero attached hydrogens (tertiary/aromatic N) is 4. The van der Waals surface area contributed by atoms with Crippen molar-refractivity contribution in [3.05, 3.63) is 42.2 Å². The second-order valence-electron chi connectivity index (χ2n) is 4.24. The van der Waals surface area contributed by atoms with Crippen LogP contribution in [0, 0.1) is 6.92 Å². The number of hydrogen-bond donors (Lipinski definition) is 1. The van der Waals surface area contributed by atoms with Crippen LogP contribution in [-0.2, 0) is 6.54 Å². The maximum Gasteiger partial charge on any atom is 0.125 e. The molecular weight excluding hydrogens is 226 g/mol. The highest BCUT2D eigenvalue weighted by Gasteiger charge is 2.04. The summed E-state index contributed by atoms with van der Waals surface area (Å²) in [4.78, 5) is 14.6. The second kappa shape index (κ2) is 5.44. The van der Waals surface area contributed by atoms with Crippen molar-refractivity contribution in [2.75, 3.05) is 24.3 Å². The van der Waals surface area contributed by atoms with Crippen LogP contribution in [0.5, 0.6) is 0 Å². The lowest BCUT2D eigenvalue weighted by Gasteiger charge is -2.17.